The number of esters is 1. The number of benzene rings is 2. The number of ether oxygens (including phenoxy) is 2. The van der Waals surface area contributed by atoms with Crippen LogP contribution in [0.2, 0.25) is 0 Å². The van der Waals surface area contributed by atoms with Crippen molar-refractivity contribution in [2.45, 2.75) is 26.4 Å². The van der Waals surface area contributed by atoms with Gasteiger partial charge in [0.1, 0.15) is 5.75 Å². The molecule has 0 spiro atoms. The van der Waals surface area contributed by atoms with Crippen molar-refractivity contribution in [1.82, 2.24) is 4.90 Å². The van der Waals surface area contributed by atoms with Gasteiger partial charge in [-0.3, -0.25) is 9.59 Å². The second kappa shape index (κ2) is 9.72. The van der Waals surface area contributed by atoms with Crippen LogP contribution in [0.25, 0.3) is 0 Å². The molecule has 2 amide bonds. The van der Waals surface area contributed by atoms with Crippen LogP contribution in [0.4, 0.5) is 11.4 Å². The Morgan fingerprint density at radius 1 is 0.969 bits per heavy atom. The highest BCUT2D eigenvalue weighted by Crippen LogP contribution is 2.30. The van der Waals surface area contributed by atoms with Gasteiger partial charge in [-0.05, 0) is 44.2 Å². The summed E-state index contributed by atoms with van der Waals surface area (Å²) < 4.78 is 10.7. The van der Waals surface area contributed by atoms with E-state index in [1.165, 1.54) is 7.11 Å². The van der Waals surface area contributed by atoms with Crippen LogP contribution in [0.5, 0.6) is 5.75 Å². The summed E-state index contributed by atoms with van der Waals surface area (Å²) in [5.74, 6) is -0.226. The maximum atomic E-state index is 13.1. The zero-order valence-electron chi connectivity index (χ0n) is 18.9. The average molecular weight is 440 g/mol. The first-order chi connectivity index (χ1) is 15.2. The van der Waals surface area contributed by atoms with Crippen LogP contribution < -0.4 is 15.0 Å². The molecule has 1 aliphatic heterocycles. The van der Waals surface area contributed by atoms with E-state index in [1.807, 2.05) is 18.2 Å². The molecule has 0 bridgehead atoms. The van der Waals surface area contributed by atoms with Crippen LogP contribution in [0.1, 0.15) is 31.1 Å². The van der Waals surface area contributed by atoms with Crippen LogP contribution in [0, 0.1) is 0 Å². The highest BCUT2D eigenvalue weighted by molar-refractivity contribution is 6.01. The molecule has 1 N–H and O–H groups in total. The third-order valence-electron chi connectivity index (χ3n) is 5.39. The van der Waals surface area contributed by atoms with Crippen LogP contribution in [0.15, 0.2) is 48.5 Å². The Morgan fingerprint density at radius 2 is 1.62 bits per heavy atom. The van der Waals surface area contributed by atoms with Crippen molar-refractivity contribution in [3.63, 3.8) is 0 Å². The molecule has 1 aliphatic rings. The Hall–Kier alpha value is -3.55. The predicted molar refractivity (Wildman–Crippen MR) is 122 cm³/mol. The summed E-state index contributed by atoms with van der Waals surface area (Å²) in [6.07, 6.45) is 0. The van der Waals surface area contributed by atoms with Crippen molar-refractivity contribution in [1.29, 1.82) is 0 Å². The van der Waals surface area contributed by atoms with Gasteiger partial charge in [0.05, 0.1) is 24.0 Å². The van der Waals surface area contributed by atoms with E-state index in [1.54, 1.807) is 56.0 Å². The quantitative estimate of drug-likeness (QED) is 0.697. The fourth-order valence-electron chi connectivity index (χ4n) is 3.52. The zero-order valence-corrected chi connectivity index (χ0v) is 18.9. The first kappa shape index (κ1) is 23.1. The standard InChI is InChI=1S/C24H29N3O5/c1-17(28)26-12-14-27(15-13-26)21-11-10-18(22(29)31-4)16-20(21)25-23(30)24(2,3)32-19-8-6-5-7-9-19/h5-11,16H,12-15H2,1-4H3,(H,25,30). The Bertz CT molecular complexity index is 982. The summed E-state index contributed by atoms with van der Waals surface area (Å²) in [7, 11) is 1.31. The van der Waals surface area contributed by atoms with E-state index >= 15 is 0 Å². The van der Waals surface area contributed by atoms with Gasteiger partial charge in [-0.2, -0.15) is 0 Å². The molecule has 0 atom stereocenters. The minimum absolute atomic E-state index is 0.0408. The first-order valence-electron chi connectivity index (χ1n) is 10.5. The molecule has 2 aromatic rings. The second-order valence-electron chi connectivity index (χ2n) is 8.10. The summed E-state index contributed by atoms with van der Waals surface area (Å²) in [5, 5.41) is 2.93. The van der Waals surface area contributed by atoms with E-state index in [-0.39, 0.29) is 11.8 Å². The second-order valence-corrected chi connectivity index (χ2v) is 8.10. The maximum Gasteiger partial charge on any atom is 0.337 e. The van der Waals surface area contributed by atoms with Gasteiger partial charge in [-0.1, -0.05) is 18.2 Å². The number of para-hydroxylation sites is 1. The highest BCUT2D eigenvalue weighted by Gasteiger charge is 2.31. The predicted octanol–water partition coefficient (Wildman–Crippen LogP) is 2.94. The van der Waals surface area contributed by atoms with Gasteiger partial charge in [-0.25, -0.2) is 4.79 Å². The Morgan fingerprint density at radius 3 is 2.22 bits per heavy atom. The van der Waals surface area contributed by atoms with Crippen molar-refractivity contribution < 1.29 is 23.9 Å². The first-order valence-corrected chi connectivity index (χ1v) is 10.5. The maximum absolute atomic E-state index is 13.1. The number of rotatable bonds is 6. The summed E-state index contributed by atoms with van der Waals surface area (Å²) in [5.41, 5.74) is 0.423. The van der Waals surface area contributed by atoms with Gasteiger partial charge in [0.15, 0.2) is 5.60 Å². The topological polar surface area (TPSA) is 88.2 Å². The molecule has 0 aromatic heterocycles. The Balaban J connectivity index is 1.85. The number of hydrogen-bond acceptors (Lipinski definition) is 6. The molecule has 1 saturated heterocycles. The molecule has 1 fully saturated rings. The molecule has 32 heavy (non-hydrogen) atoms. The SMILES string of the molecule is COC(=O)c1ccc(N2CCN(C(C)=O)CC2)c(NC(=O)C(C)(C)Oc2ccccc2)c1. The average Bonchev–Trinajstić information content (AvgIpc) is 2.79. The van der Waals surface area contributed by atoms with Gasteiger partial charge in [0.2, 0.25) is 5.91 Å². The van der Waals surface area contributed by atoms with Crippen LogP contribution in [0.3, 0.4) is 0 Å². The van der Waals surface area contributed by atoms with Crippen LogP contribution >= 0.6 is 0 Å². The molecular formula is C24H29N3O5. The van der Waals surface area contributed by atoms with Gasteiger partial charge < -0.3 is 24.6 Å². The normalized spacial score (nSPS) is 14.0. The molecule has 1 heterocycles. The summed E-state index contributed by atoms with van der Waals surface area (Å²) >= 11 is 0. The van der Waals surface area contributed by atoms with E-state index in [0.29, 0.717) is 43.2 Å². The summed E-state index contributed by atoms with van der Waals surface area (Å²) in [6.45, 7) is 7.33. The largest absolute Gasteiger partial charge is 0.478 e. The van der Waals surface area contributed by atoms with Crippen molar-refractivity contribution in [3.05, 3.63) is 54.1 Å². The number of hydrogen-bond donors (Lipinski definition) is 1. The third-order valence-corrected chi connectivity index (χ3v) is 5.39. The number of carbonyl (C=O) groups is 3. The summed E-state index contributed by atoms with van der Waals surface area (Å²) in [4.78, 5) is 40.7. The molecule has 0 unspecified atom stereocenters. The summed E-state index contributed by atoms with van der Waals surface area (Å²) in [6, 6.07) is 14.2. The Labute approximate surface area is 188 Å². The molecule has 170 valence electrons. The number of anilines is 2. The van der Waals surface area contributed by atoms with Crippen molar-refractivity contribution in [2.24, 2.45) is 0 Å². The lowest BCUT2D eigenvalue weighted by Gasteiger charge is -2.37. The minimum Gasteiger partial charge on any atom is -0.478 e. The lowest BCUT2D eigenvalue weighted by Crippen LogP contribution is -2.48. The number of methoxy groups -OCH3 is 1. The number of piperazine rings is 1. The molecule has 3 rings (SSSR count). The van der Waals surface area contributed by atoms with Crippen LogP contribution in [-0.2, 0) is 14.3 Å². The van der Waals surface area contributed by atoms with E-state index in [9.17, 15) is 14.4 Å². The van der Waals surface area contributed by atoms with Crippen molar-refractivity contribution in [2.75, 3.05) is 43.5 Å². The number of amides is 2. The van der Waals surface area contributed by atoms with Gasteiger partial charge in [0, 0.05) is 33.1 Å². The molecule has 8 heteroatoms. The van der Waals surface area contributed by atoms with Crippen LogP contribution in [-0.4, -0.2) is 61.6 Å². The number of carbonyl (C=O) groups excluding carboxylic acids is 3. The van der Waals surface area contributed by atoms with E-state index in [2.05, 4.69) is 10.2 Å². The molecule has 0 saturated carbocycles. The molecule has 0 aliphatic carbocycles. The molecule has 8 nitrogen and oxygen atoms in total. The lowest BCUT2D eigenvalue weighted by molar-refractivity contribution is -0.129. The smallest absolute Gasteiger partial charge is 0.337 e. The van der Waals surface area contributed by atoms with Crippen molar-refractivity contribution in [3.8, 4) is 5.75 Å². The van der Waals surface area contributed by atoms with Crippen molar-refractivity contribution >= 4 is 29.2 Å². The lowest BCUT2D eigenvalue weighted by atomic mass is 10.1. The Kier molecular flexibility index (Phi) is 7.02. The van der Waals surface area contributed by atoms with Gasteiger partial charge in [-0.15, -0.1) is 0 Å². The molecular weight excluding hydrogens is 410 g/mol. The highest BCUT2D eigenvalue weighted by atomic mass is 16.5. The molecule has 2 aromatic carbocycles. The number of nitrogens with one attached hydrogen (secondary N) is 1. The zero-order chi connectivity index (χ0) is 23.3. The van der Waals surface area contributed by atoms with Gasteiger partial charge >= 0.3 is 5.97 Å². The van der Waals surface area contributed by atoms with E-state index in [0.717, 1.165) is 5.69 Å². The molecule has 0 radical (unpaired) electrons. The monoisotopic (exact) mass is 439 g/mol. The van der Waals surface area contributed by atoms with E-state index < -0.39 is 11.6 Å². The van der Waals surface area contributed by atoms with Gasteiger partial charge in [0.25, 0.3) is 5.91 Å². The fourth-order valence-corrected chi connectivity index (χ4v) is 3.52. The van der Waals surface area contributed by atoms with E-state index in [4.69, 9.17) is 9.47 Å². The third kappa shape index (κ3) is 5.38. The fraction of sp³-hybridized carbons (Fsp3) is 0.375. The minimum atomic E-state index is -1.16. The number of nitrogens with zero attached hydrogens (tertiary/aromatic N) is 2.